The van der Waals surface area contributed by atoms with Gasteiger partial charge in [0.15, 0.2) is 0 Å². The molecule has 0 heterocycles. The fourth-order valence-corrected chi connectivity index (χ4v) is 5.36. The predicted molar refractivity (Wildman–Crippen MR) is 114 cm³/mol. The Morgan fingerprint density at radius 1 is 0.636 bits per heavy atom. The van der Waals surface area contributed by atoms with E-state index in [2.05, 4.69) is 60.7 Å². The van der Waals surface area contributed by atoms with Crippen LogP contribution in [0.4, 0.5) is 0 Å². The van der Waals surface area contributed by atoms with Crippen LogP contribution in [0.3, 0.4) is 0 Å². The molecule has 0 aromatic heterocycles. The Labute approximate surface area is 202 Å². The summed E-state index contributed by atoms with van der Waals surface area (Å²) in [6.07, 6.45) is 0.935. The average Bonchev–Trinajstić information content (AvgIpc) is 2.75. The SMILES string of the molecule is C/C(=C/C(=O)[O-])C(=O)[O-].C/C(=C/C(=O)[O-])C(=O)[O-].c1ccc([CH2][Sn+4][CH2]c2ccccc2)cc1. The van der Waals surface area contributed by atoms with E-state index in [1.807, 2.05) is 0 Å². The van der Waals surface area contributed by atoms with Gasteiger partial charge in [0.25, 0.3) is 0 Å². The second-order valence-corrected chi connectivity index (χ2v) is 9.89. The van der Waals surface area contributed by atoms with Gasteiger partial charge in [0.1, 0.15) is 0 Å². The number of hydrogen-bond acceptors (Lipinski definition) is 8. The molecule has 9 heteroatoms. The topological polar surface area (TPSA) is 161 Å². The van der Waals surface area contributed by atoms with Crippen LogP contribution in [0.15, 0.2) is 84.0 Å². The molecule has 0 saturated carbocycles. The first-order chi connectivity index (χ1) is 15.5. The van der Waals surface area contributed by atoms with Crippen molar-refractivity contribution in [1.29, 1.82) is 0 Å². The maximum absolute atomic E-state index is 9.76. The van der Waals surface area contributed by atoms with E-state index in [0.717, 1.165) is 13.8 Å². The molecule has 0 aliphatic carbocycles. The monoisotopic (exact) mass is 558 g/mol. The fraction of sp³-hybridized carbons (Fsp3) is 0.167. The van der Waals surface area contributed by atoms with Gasteiger partial charge < -0.3 is 39.6 Å². The third-order valence-corrected chi connectivity index (χ3v) is 7.41. The molecular formula is C24H22O8Sn. The van der Waals surface area contributed by atoms with Crippen LogP contribution in [0.5, 0.6) is 0 Å². The number of hydrogen-bond donors (Lipinski definition) is 0. The van der Waals surface area contributed by atoms with Gasteiger partial charge >= 0.3 is 102 Å². The van der Waals surface area contributed by atoms with E-state index in [1.165, 1.54) is 20.0 Å². The van der Waals surface area contributed by atoms with E-state index >= 15 is 0 Å². The van der Waals surface area contributed by atoms with Crippen LogP contribution < -0.4 is 20.4 Å². The molecule has 0 atom stereocenters. The second kappa shape index (κ2) is 17.2. The van der Waals surface area contributed by atoms with Crippen LogP contribution in [-0.4, -0.2) is 45.0 Å². The summed E-state index contributed by atoms with van der Waals surface area (Å²) in [5, 5.41) is 38.8. The van der Waals surface area contributed by atoms with Gasteiger partial charge in [0.2, 0.25) is 0 Å². The summed E-state index contributed by atoms with van der Waals surface area (Å²) in [4.78, 5) is 38.8. The van der Waals surface area contributed by atoms with Crippen molar-refractivity contribution in [3.05, 3.63) is 95.1 Å². The molecule has 0 saturated heterocycles. The summed E-state index contributed by atoms with van der Waals surface area (Å²) in [6.45, 7) is 2.23. The number of benzene rings is 2. The van der Waals surface area contributed by atoms with Crippen LogP contribution in [0.1, 0.15) is 25.0 Å². The number of aliphatic carboxylic acids is 4. The Morgan fingerprint density at radius 2 is 0.939 bits per heavy atom. The molecule has 0 bridgehead atoms. The minimum absolute atomic E-state index is 0.258. The summed E-state index contributed by atoms with van der Waals surface area (Å²) >= 11 is -0.258. The molecule has 0 unspecified atom stereocenters. The standard InChI is InChI=1S/2C7H7.2C5H6O4.Sn/c2*1-7-5-3-2-4-6-7;2*1-3(5(8)9)2-4(6)7;/h2*2-6H,1H2;2*2H,1H3,(H,6,7)(H,8,9);/q;;;;+4/p-4/b;;2*3-2-;. The van der Waals surface area contributed by atoms with E-state index in [-0.39, 0.29) is 32.3 Å². The molecule has 6 radical (unpaired) electrons. The van der Waals surface area contributed by atoms with Crippen LogP contribution in [0.2, 0.25) is 0 Å². The number of carboxylic acid groups (broad SMARTS) is 4. The quantitative estimate of drug-likeness (QED) is 0.265. The zero-order valence-electron chi connectivity index (χ0n) is 18.1. The van der Waals surface area contributed by atoms with Gasteiger partial charge in [-0.3, -0.25) is 0 Å². The van der Waals surface area contributed by atoms with Crippen molar-refractivity contribution in [2.45, 2.75) is 22.7 Å². The number of carbonyl (C=O) groups is 4. The summed E-state index contributed by atoms with van der Waals surface area (Å²) in [5.41, 5.74) is 2.32. The van der Waals surface area contributed by atoms with Gasteiger partial charge in [-0.15, -0.1) is 0 Å². The summed E-state index contributed by atoms with van der Waals surface area (Å²) in [5.74, 6) is -6.06. The first kappa shape index (κ1) is 29.6. The minimum atomic E-state index is -1.53. The molecule has 0 spiro atoms. The normalized spacial score (nSPS) is 10.6. The zero-order chi connectivity index (χ0) is 25.2. The van der Waals surface area contributed by atoms with E-state index < -0.39 is 23.9 Å². The Morgan fingerprint density at radius 3 is 1.15 bits per heavy atom. The Kier molecular flexibility index (Phi) is 15.4. The van der Waals surface area contributed by atoms with E-state index in [4.69, 9.17) is 0 Å². The summed E-state index contributed by atoms with van der Waals surface area (Å²) < 4.78 is 2.69. The number of rotatable bonds is 8. The van der Waals surface area contributed by atoms with Crippen molar-refractivity contribution in [2.24, 2.45) is 0 Å². The van der Waals surface area contributed by atoms with Gasteiger partial charge in [0, 0.05) is 0 Å². The molecule has 2 aromatic rings. The molecule has 2 rings (SSSR count). The third kappa shape index (κ3) is 16.9. The van der Waals surface area contributed by atoms with Crippen LogP contribution >= 0.6 is 0 Å². The first-order valence-electron chi connectivity index (χ1n) is 9.52. The van der Waals surface area contributed by atoms with Crippen molar-refractivity contribution < 1.29 is 39.6 Å². The van der Waals surface area contributed by atoms with Crippen molar-refractivity contribution in [1.82, 2.24) is 0 Å². The van der Waals surface area contributed by atoms with Crippen LogP contribution in [0, 0.1) is 0 Å². The van der Waals surface area contributed by atoms with Gasteiger partial charge in [-0.2, -0.15) is 0 Å². The van der Waals surface area contributed by atoms with Crippen molar-refractivity contribution in [3.8, 4) is 0 Å². The summed E-state index contributed by atoms with van der Waals surface area (Å²) in [7, 11) is 0. The Bertz CT molecular complexity index is 887. The maximum atomic E-state index is 9.76. The molecule has 0 amide bonds. The molecule has 0 aliphatic rings. The van der Waals surface area contributed by atoms with Gasteiger partial charge in [0.05, 0.1) is 23.9 Å². The molecule has 0 N–H and O–H groups in total. The fourth-order valence-electron chi connectivity index (χ4n) is 2.01. The third-order valence-electron chi connectivity index (χ3n) is 3.66. The van der Waals surface area contributed by atoms with Crippen molar-refractivity contribution in [2.75, 3.05) is 0 Å². The molecule has 0 fully saturated rings. The average molecular weight is 557 g/mol. The van der Waals surface area contributed by atoms with Crippen molar-refractivity contribution >= 4 is 45.0 Å². The summed E-state index contributed by atoms with van der Waals surface area (Å²) in [6, 6.07) is 21.7. The molecule has 8 nitrogen and oxygen atoms in total. The molecule has 2 aromatic carbocycles. The van der Waals surface area contributed by atoms with E-state index in [9.17, 15) is 39.6 Å². The van der Waals surface area contributed by atoms with E-state index in [1.54, 1.807) is 0 Å². The molecule has 0 aliphatic heterocycles. The molecule has 170 valence electrons. The predicted octanol–water partition coefficient (Wildman–Crippen LogP) is -2.04. The van der Waals surface area contributed by atoms with Gasteiger partial charge in [-0.1, -0.05) is 0 Å². The zero-order valence-corrected chi connectivity index (χ0v) is 21.0. The van der Waals surface area contributed by atoms with E-state index in [0.29, 0.717) is 12.2 Å². The first-order valence-corrected chi connectivity index (χ1v) is 13.6. The number of carboxylic acids is 4. The van der Waals surface area contributed by atoms with Crippen molar-refractivity contribution in [3.63, 3.8) is 0 Å². The Balaban J connectivity index is 0.000000498. The molecular weight excluding hydrogens is 535 g/mol. The van der Waals surface area contributed by atoms with Crippen LogP contribution in [0.25, 0.3) is 0 Å². The van der Waals surface area contributed by atoms with Gasteiger partial charge in [-0.25, -0.2) is 0 Å². The molecule has 33 heavy (non-hydrogen) atoms. The number of carbonyl (C=O) groups excluding carboxylic acids is 4. The van der Waals surface area contributed by atoms with Crippen LogP contribution in [-0.2, 0) is 28.1 Å². The van der Waals surface area contributed by atoms with Gasteiger partial charge in [-0.05, 0) is 37.1 Å². The Hall–Kier alpha value is -3.40. The second-order valence-electron chi connectivity index (χ2n) is 6.44.